The third kappa shape index (κ3) is 2.66. The third-order valence-corrected chi connectivity index (χ3v) is 3.19. The first-order valence-electron chi connectivity index (χ1n) is 6.11. The SMILES string of the molecule is CCCCO[C@H]1CC[C@@H]1n1cc(C(=O)O)cn1. The van der Waals surface area contributed by atoms with Crippen molar-refractivity contribution in [2.75, 3.05) is 6.61 Å². The molecule has 0 spiro atoms. The lowest BCUT2D eigenvalue weighted by atomic mass is 9.89. The zero-order chi connectivity index (χ0) is 12.3. The highest BCUT2D eigenvalue weighted by Crippen LogP contribution is 2.34. The monoisotopic (exact) mass is 238 g/mol. The summed E-state index contributed by atoms with van der Waals surface area (Å²) in [6.45, 7) is 2.92. The molecule has 0 aliphatic heterocycles. The van der Waals surface area contributed by atoms with E-state index < -0.39 is 5.97 Å². The number of aromatic carboxylic acids is 1. The van der Waals surface area contributed by atoms with E-state index in [0.717, 1.165) is 32.3 Å². The van der Waals surface area contributed by atoms with Crippen molar-refractivity contribution in [2.45, 2.75) is 44.8 Å². The van der Waals surface area contributed by atoms with Gasteiger partial charge >= 0.3 is 5.97 Å². The number of ether oxygens (including phenoxy) is 1. The highest BCUT2D eigenvalue weighted by atomic mass is 16.5. The van der Waals surface area contributed by atoms with Gasteiger partial charge in [0.05, 0.1) is 23.9 Å². The third-order valence-electron chi connectivity index (χ3n) is 3.19. The molecule has 94 valence electrons. The molecule has 17 heavy (non-hydrogen) atoms. The van der Waals surface area contributed by atoms with Gasteiger partial charge in [-0.25, -0.2) is 4.79 Å². The molecule has 0 amide bonds. The number of hydrogen-bond acceptors (Lipinski definition) is 3. The lowest BCUT2D eigenvalue weighted by Gasteiger charge is -2.36. The van der Waals surface area contributed by atoms with Crippen LogP contribution in [-0.4, -0.2) is 33.6 Å². The molecule has 1 aliphatic rings. The Balaban J connectivity index is 1.90. The molecule has 1 aliphatic carbocycles. The van der Waals surface area contributed by atoms with Gasteiger partial charge in [0.15, 0.2) is 0 Å². The summed E-state index contributed by atoms with van der Waals surface area (Å²) in [5.74, 6) is -0.931. The van der Waals surface area contributed by atoms with E-state index in [-0.39, 0.29) is 17.7 Å². The van der Waals surface area contributed by atoms with Crippen LogP contribution in [0.1, 0.15) is 49.0 Å². The first kappa shape index (κ1) is 12.1. The van der Waals surface area contributed by atoms with Gasteiger partial charge < -0.3 is 9.84 Å². The molecule has 1 N–H and O–H groups in total. The van der Waals surface area contributed by atoms with Gasteiger partial charge in [0.25, 0.3) is 0 Å². The van der Waals surface area contributed by atoms with Crippen LogP contribution in [0.25, 0.3) is 0 Å². The topological polar surface area (TPSA) is 64.3 Å². The van der Waals surface area contributed by atoms with Crippen LogP contribution >= 0.6 is 0 Å². The fourth-order valence-electron chi connectivity index (χ4n) is 1.96. The van der Waals surface area contributed by atoms with E-state index in [1.165, 1.54) is 6.20 Å². The van der Waals surface area contributed by atoms with Crippen LogP contribution in [0.3, 0.4) is 0 Å². The number of hydrogen-bond donors (Lipinski definition) is 1. The van der Waals surface area contributed by atoms with E-state index in [0.29, 0.717) is 0 Å². The van der Waals surface area contributed by atoms with Crippen molar-refractivity contribution < 1.29 is 14.6 Å². The Bertz CT molecular complexity index is 389. The maximum atomic E-state index is 10.8. The van der Waals surface area contributed by atoms with E-state index in [1.807, 2.05) is 0 Å². The molecule has 1 aromatic rings. The molecular weight excluding hydrogens is 220 g/mol. The molecule has 0 radical (unpaired) electrons. The lowest BCUT2D eigenvalue weighted by molar-refractivity contribution is -0.0444. The molecule has 0 unspecified atom stereocenters. The second kappa shape index (κ2) is 5.31. The minimum absolute atomic E-state index is 0.197. The van der Waals surface area contributed by atoms with Gasteiger partial charge in [-0.2, -0.15) is 5.10 Å². The van der Waals surface area contributed by atoms with Crippen molar-refractivity contribution in [3.05, 3.63) is 18.0 Å². The zero-order valence-electron chi connectivity index (χ0n) is 10.0. The lowest BCUT2D eigenvalue weighted by Crippen LogP contribution is -2.36. The number of nitrogens with zero attached hydrogens (tertiary/aromatic N) is 2. The van der Waals surface area contributed by atoms with E-state index >= 15 is 0 Å². The molecule has 2 atom stereocenters. The van der Waals surface area contributed by atoms with E-state index in [4.69, 9.17) is 9.84 Å². The fraction of sp³-hybridized carbons (Fsp3) is 0.667. The van der Waals surface area contributed by atoms with Crippen molar-refractivity contribution in [1.29, 1.82) is 0 Å². The van der Waals surface area contributed by atoms with Gasteiger partial charge in [0.1, 0.15) is 0 Å². The molecule has 0 bridgehead atoms. The van der Waals surface area contributed by atoms with Crippen LogP contribution in [0, 0.1) is 0 Å². The predicted molar refractivity (Wildman–Crippen MR) is 62.1 cm³/mol. The Kier molecular flexibility index (Phi) is 3.78. The van der Waals surface area contributed by atoms with Crippen LogP contribution < -0.4 is 0 Å². The summed E-state index contributed by atoms with van der Waals surface area (Å²) in [4.78, 5) is 10.8. The van der Waals surface area contributed by atoms with E-state index in [1.54, 1.807) is 10.9 Å². The van der Waals surface area contributed by atoms with E-state index in [2.05, 4.69) is 12.0 Å². The number of carboxylic acid groups (broad SMARTS) is 1. The Hall–Kier alpha value is -1.36. The minimum atomic E-state index is -0.931. The van der Waals surface area contributed by atoms with Gasteiger partial charge in [0.2, 0.25) is 0 Å². The van der Waals surface area contributed by atoms with Crippen molar-refractivity contribution in [1.82, 2.24) is 9.78 Å². The number of aromatic nitrogens is 2. The fourth-order valence-corrected chi connectivity index (χ4v) is 1.96. The van der Waals surface area contributed by atoms with Crippen molar-refractivity contribution in [2.24, 2.45) is 0 Å². The van der Waals surface area contributed by atoms with Crippen LogP contribution in [0.5, 0.6) is 0 Å². The summed E-state index contributed by atoms with van der Waals surface area (Å²) in [5, 5.41) is 12.9. The Labute approximate surface area is 100 Å². The van der Waals surface area contributed by atoms with E-state index in [9.17, 15) is 4.79 Å². The predicted octanol–water partition coefficient (Wildman–Crippen LogP) is 2.10. The van der Waals surface area contributed by atoms with Crippen LogP contribution in [0.15, 0.2) is 12.4 Å². The average Bonchev–Trinajstić information content (AvgIpc) is 2.72. The molecule has 0 aromatic carbocycles. The smallest absolute Gasteiger partial charge is 0.338 e. The Morgan fingerprint density at radius 1 is 1.65 bits per heavy atom. The number of unbranched alkanes of at least 4 members (excludes halogenated alkanes) is 1. The molecule has 5 heteroatoms. The molecule has 1 heterocycles. The van der Waals surface area contributed by atoms with Crippen LogP contribution in [0.2, 0.25) is 0 Å². The highest BCUT2D eigenvalue weighted by Gasteiger charge is 2.33. The molecule has 1 fully saturated rings. The maximum absolute atomic E-state index is 10.8. The molecule has 2 rings (SSSR count). The minimum Gasteiger partial charge on any atom is -0.478 e. The summed E-state index contributed by atoms with van der Waals surface area (Å²) in [5.41, 5.74) is 0.240. The quantitative estimate of drug-likeness (QED) is 0.771. The Morgan fingerprint density at radius 2 is 2.47 bits per heavy atom. The standard InChI is InChI=1S/C12H18N2O3/c1-2-3-6-17-11-5-4-10(11)14-8-9(7-13-14)12(15)16/h7-8,10-11H,2-6H2,1H3,(H,15,16)/t10-,11-/m0/s1. The first-order valence-corrected chi connectivity index (χ1v) is 6.11. The average molecular weight is 238 g/mol. The summed E-state index contributed by atoms with van der Waals surface area (Å²) < 4.78 is 7.47. The Morgan fingerprint density at radius 3 is 3.00 bits per heavy atom. The number of rotatable bonds is 6. The second-order valence-electron chi connectivity index (χ2n) is 4.42. The largest absolute Gasteiger partial charge is 0.478 e. The number of carboxylic acids is 1. The summed E-state index contributed by atoms with van der Waals surface area (Å²) in [7, 11) is 0. The summed E-state index contributed by atoms with van der Waals surface area (Å²) >= 11 is 0. The first-order chi connectivity index (χ1) is 8.22. The van der Waals surface area contributed by atoms with Gasteiger partial charge in [-0.15, -0.1) is 0 Å². The van der Waals surface area contributed by atoms with Gasteiger partial charge in [-0.3, -0.25) is 4.68 Å². The maximum Gasteiger partial charge on any atom is 0.338 e. The summed E-state index contributed by atoms with van der Waals surface area (Å²) in [6.07, 6.45) is 7.42. The normalized spacial score (nSPS) is 23.4. The molecule has 1 aromatic heterocycles. The van der Waals surface area contributed by atoms with Gasteiger partial charge in [-0.1, -0.05) is 13.3 Å². The number of carbonyl (C=O) groups is 1. The highest BCUT2D eigenvalue weighted by molar-refractivity contribution is 5.86. The van der Waals surface area contributed by atoms with Crippen molar-refractivity contribution in [3.63, 3.8) is 0 Å². The van der Waals surface area contributed by atoms with Crippen molar-refractivity contribution >= 4 is 5.97 Å². The molecule has 0 saturated heterocycles. The second-order valence-corrected chi connectivity index (χ2v) is 4.42. The van der Waals surface area contributed by atoms with Crippen LogP contribution in [-0.2, 0) is 4.74 Å². The van der Waals surface area contributed by atoms with Crippen LogP contribution in [0.4, 0.5) is 0 Å². The van der Waals surface area contributed by atoms with Gasteiger partial charge in [-0.05, 0) is 19.3 Å². The molecule has 1 saturated carbocycles. The van der Waals surface area contributed by atoms with Crippen molar-refractivity contribution in [3.8, 4) is 0 Å². The van der Waals surface area contributed by atoms with Gasteiger partial charge in [0, 0.05) is 12.8 Å². The summed E-state index contributed by atoms with van der Waals surface area (Å²) in [6, 6.07) is 0.208. The zero-order valence-corrected chi connectivity index (χ0v) is 10.0. The molecule has 5 nitrogen and oxygen atoms in total. The molecular formula is C12H18N2O3.